The van der Waals surface area contributed by atoms with Crippen LogP contribution in [0.25, 0.3) is 5.69 Å². The number of aromatic nitrogens is 3. The minimum absolute atomic E-state index is 0.0633. The Balaban J connectivity index is 1.53. The Kier molecular flexibility index (Phi) is 4.83. The molecule has 8 heteroatoms. The molecule has 28 heavy (non-hydrogen) atoms. The van der Waals surface area contributed by atoms with Crippen LogP contribution in [0.1, 0.15) is 12.0 Å². The van der Waals surface area contributed by atoms with E-state index >= 15 is 0 Å². The van der Waals surface area contributed by atoms with E-state index in [9.17, 15) is 9.59 Å². The van der Waals surface area contributed by atoms with Crippen molar-refractivity contribution in [2.75, 3.05) is 16.8 Å². The molecule has 1 N–H and O–H groups in total. The second-order valence-corrected chi connectivity index (χ2v) is 7.17. The molecule has 1 fully saturated rings. The van der Waals surface area contributed by atoms with E-state index in [-0.39, 0.29) is 18.2 Å². The highest BCUT2D eigenvalue weighted by atomic mass is 35.5. The van der Waals surface area contributed by atoms with Crippen molar-refractivity contribution in [2.45, 2.75) is 13.3 Å². The van der Waals surface area contributed by atoms with Gasteiger partial charge in [0.1, 0.15) is 12.7 Å². The van der Waals surface area contributed by atoms with Crippen LogP contribution in [0.2, 0.25) is 5.02 Å². The number of carbonyl (C=O) groups excluding carboxylic acids is 2. The second-order valence-electron chi connectivity index (χ2n) is 6.73. The molecule has 1 aliphatic heterocycles. The summed E-state index contributed by atoms with van der Waals surface area (Å²) in [5, 5.41) is 7.48. The number of aryl methyl sites for hydroxylation is 1. The van der Waals surface area contributed by atoms with Crippen LogP contribution in [0.4, 0.5) is 11.4 Å². The van der Waals surface area contributed by atoms with E-state index in [0.29, 0.717) is 22.9 Å². The van der Waals surface area contributed by atoms with Gasteiger partial charge < -0.3 is 10.2 Å². The topological polar surface area (TPSA) is 80.1 Å². The molecule has 0 aliphatic carbocycles. The number of rotatable bonds is 4. The van der Waals surface area contributed by atoms with E-state index in [1.165, 1.54) is 12.7 Å². The minimum Gasteiger partial charge on any atom is -0.324 e. The third kappa shape index (κ3) is 3.61. The first-order chi connectivity index (χ1) is 13.5. The Labute approximate surface area is 166 Å². The number of anilines is 2. The van der Waals surface area contributed by atoms with Crippen LogP contribution in [0.3, 0.4) is 0 Å². The molecule has 1 saturated heterocycles. The van der Waals surface area contributed by atoms with Crippen LogP contribution in [0.5, 0.6) is 0 Å². The minimum atomic E-state index is -0.448. The van der Waals surface area contributed by atoms with Gasteiger partial charge in [-0.1, -0.05) is 29.3 Å². The normalized spacial score (nSPS) is 16.4. The molecular formula is C20H18ClN5O2. The summed E-state index contributed by atoms with van der Waals surface area (Å²) in [4.78, 5) is 30.9. The number of hydrogen-bond donors (Lipinski definition) is 1. The van der Waals surface area contributed by atoms with Crippen LogP contribution in [0.15, 0.2) is 55.1 Å². The molecule has 0 spiro atoms. The summed E-state index contributed by atoms with van der Waals surface area (Å²) in [7, 11) is 0. The van der Waals surface area contributed by atoms with Crippen LogP contribution >= 0.6 is 11.6 Å². The van der Waals surface area contributed by atoms with Crippen molar-refractivity contribution in [3.8, 4) is 5.69 Å². The van der Waals surface area contributed by atoms with Crippen LogP contribution in [0, 0.1) is 12.8 Å². The van der Waals surface area contributed by atoms with E-state index in [1.807, 2.05) is 31.2 Å². The monoisotopic (exact) mass is 395 g/mol. The Hall–Kier alpha value is -3.19. The lowest BCUT2D eigenvalue weighted by Gasteiger charge is -2.17. The molecule has 2 aromatic carbocycles. The fourth-order valence-electron chi connectivity index (χ4n) is 3.23. The molecule has 0 bridgehead atoms. The molecule has 0 saturated carbocycles. The highest BCUT2D eigenvalue weighted by molar-refractivity contribution is 6.31. The lowest BCUT2D eigenvalue weighted by Crippen LogP contribution is -2.28. The molecule has 2 heterocycles. The van der Waals surface area contributed by atoms with Crippen LogP contribution in [-0.2, 0) is 9.59 Å². The first-order valence-electron chi connectivity index (χ1n) is 8.84. The van der Waals surface area contributed by atoms with E-state index in [2.05, 4.69) is 15.4 Å². The summed E-state index contributed by atoms with van der Waals surface area (Å²) in [6.07, 6.45) is 3.12. The van der Waals surface area contributed by atoms with Gasteiger partial charge in [-0.2, -0.15) is 5.10 Å². The van der Waals surface area contributed by atoms with Crippen molar-refractivity contribution in [1.82, 2.24) is 14.8 Å². The maximum atomic E-state index is 12.8. The average Bonchev–Trinajstić information content (AvgIpc) is 3.33. The largest absolute Gasteiger partial charge is 0.324 e. The van der Waals surface area contributed by atoms with Crippen molar-refractivity contribution in [2.24, 2.45) is 5.92 Å². The van der Waals surface area contributed by atoms with Gasteiger partial charge >= 0.3 is 0 Å². The average molecular weight is 396 g/mol. The van der Waals surface area contributed by atoms with E-state index in [4.69, 9.17) is 11.6 Å². The van der Waals surface area contributed by atoms with Crippen molar-refractivity contribution in [3.05, 3.63) is 65.7 Å². The maximum absolute atomic E-state index is 12.8. The van der Waals surface area contributed by atoms with Gasteiger partial charge in [-0.05, 0) is 37.3 Å². The molecule has 2 amide bonds. The van der Waals surface area contributed by atoms with Gasteiger partial charge in [-0.15, -0.1) is 0 Å². The number of halogens is 1. The molecule has 4 rings (SSSR count). The molecule has 3 aromatic rings. The summed E-state index contributed by atoms with van der Waals surface area (Å²) >= 11 is 6.10. The van der Waals surface area contributed by atoms with Crippen molar-refractivity contribution in [3.63, 3.8) is 0 Å². The fraction of sp³-hybridized carbons (Fsp3) is 0.200. The highest BCUT2D eigenvalue weighted by Crippen LogP contribution is 2.28. The Morgan fingerprint density at radius 3 is 2.71 bits per heavy atom. The van der Waals surface area contributed by atoms with Crippen molar-refractivity contribution < 1.29 is 9.59 Å². The van der Waals surface area contributed by atoms with Crippen molar-refractivity contribution in [1.29, 1.82) is 0 Å². The third-order valence-electron chi connectivity index (χ3n) is 4.72. The molecule has 1 aliphatic rings. The summed E-state index contributed by atoms with van der Waals surface area (Å²) in [5.74, 6) is -0.741. The van der Waals surface area contributed by atoms with Gasteiger partial charge in [0.2, 0.25) is 11.8 Å². The fourth-order valence-corrected chi connectivity index (χ4v) is 3.41. The molecular weight excluding hydrogens is 378 g/mol. The quantitative estimate of drug-likeness (QED) is 0.735. The summed E-state index contributed by atoms with van der Waals surface area (Å²) in [5.41, 5.74) is 3.09. The Morgan fingerprint density at radius 1 is 1.21 bits per heavy atom. The number of nitrogens with one attached hydrogen (secondary N) is 1. The second kappa shape index (κ2) is 7.44. The maximum Gasteiger partial charge on any atom is 0.229 e. The molecule has 0 radical (unpaired) electrons. The van der Waals surface area contributed by atoms with Gasteiger partial charge in [0.15, 0.2) is 0 Å². The van der Waals surface area contributed by atoms with Gasteiger partial charge in [0.25, 0.3) is 0 Å². The first kappa shape index (κ1) is 18.2. The molecule has 142 valence electrons. The Morgan fingerprint density at radius 2 is 2.00 bits per heavy atom. The zero-order valence-corrected chi connectivity index (χ0v) is 15.9. The predicted octanol–water partition coefficient (Wildman–Crippen LogP) is 3.22. The zero-order chi connectivity index (χ0) is 19.7. The first-order valence-corrected chi connectivity index (χ1v) is 9.21. The lowest BCUT2D eigenvalue weighted by atomic mass is 10.1. The van der Waals surface area contributed by atoms with Crippen molar-refractivity contribution >= 4 is 34.8 Å². The van der Waals surface area contributed by atoms with Crippen LogP contribution in [-0.4, -0.2) is 33.1 Å². The molecule has 1 aromatic heterocycles. The number of benzene rings is 2. The summed E-state index contributed by atoms with van der Waals surface area (Å²) in [6, 6.07) is 12.8. The van der Waals surface area contributed by atoms with Gasteiger partial charge in [0.05, 0.1) is 17.3 Å². The summed E-state index contributed by atoms with van der Waals surface area (Å²) < 4.78 is 1.55. The Bertz CT molecular complexity index is 1020. The SMILES string of the molecule is Cc1ccc(N2C[C@@H](C(=O)Nc3cc(Cl)ccc3-n3cncn3)CC2=O)cc1. The highest BCUT2D eigenvalue weighted by Gasteiger charge is 2.35. The predicted molar refractivity (Wildman–Crippen MR) is 107 cm³/mol. The summed E-state index contributed by atoms with van der Waals surface area (Å²) in [6.45, 7) is 2.33. The number of nitrogens with zero attached hydrogens (tertiary/aromatic N) is 4. The zero-order valence-electron chi connectivity index (χ0n) is 15.2. The standard InChI is InChI=1S/C20H18ClN5O2/c1-13-2-5-16(6-3-13)25-10-14(8-19(25)27)20(28)24-17-9-15(21)4-7-18(17)26-12-22-11-23-26/h2-7,9,11-12,14H,8,10H2,1H3,(H,24,28)/t14-/m0/s1. The van der Waals surface area contributed by atoms with Gasteiger partial charge in [-0.3, -0.25) is 9.59 Å². The van der Waals surface area contributed by atoms with E-state index < -0.39 is 5.92 Å². The number of hydrogen-bond acceptors (Lipinski definition) is 4. The lowest BCUT2D eigenvalue weighted by molar-refractivity contribution is -0.122. The van der Waals surface area contributed by atoms with E-state index in [0.717, 1.165) is 11.3 Å². The molecule has 0 unspecified atom stereocenters. The molecule has 7 nitrogen and oxygen atoms in total. The smallest absolute Gasteiger partial charge is 0.229 e. The van der Waals surface area contributed by atoms with Crippen LogP contribution < -0.4 is 10.2 Å². The third-order valence-corrected chi connectivity index (χ3v) is 4.96. The van der Waals surface area contributed by atoms with Gasteiger partial charge in [0, 0.05) is 23.7 Å². The van der Waals surface area contributed by atoms with Gasteiger partial charge in [-0.25, -0.2) is 9.67 Å². The van der Waals surface area contributed by atoms with E-state index in [1.54, 1.807) is 27.8 Å². The number of amides is 2. The number of carbonyl (C=O) groups is 2. The molecule has 1 atom stereocenters.